The van der Waals surface area contributed by atoms with Crippen LogP contribution in [-0.2, 0) is 9.53 Å². The summed E-state index contributed by atoms with van der Waals surface area (Å²) in [7, 11) is 0. The van der Waals surface area contributed by atoms with Gasteiger partial charge in [0.15, 0.2) is 0 Å². The molecule has 1 aliphatic rings. The zero-order chi connectivity index (χ0) is 15.2. The van der Waals surface area contributed by atoms with Gasteiger partial charge in [-0.1, -0.05) is 0 Å². The monoisotopic (exact) mass is 293 g/mol. The summed E-state index contributed by atoms with van der Waals surface area (Å²) in [5.41, 5.74) is 6.16. The second-order valence-corrected chi connectivity index (χ2v) is 4.77. The number of hydrogen-bond donors (Lipinski definition) is 3. The molecule has 0 radical (unpaired) electrons. The molecule has 114 valence electrons. The van der Waals surface area contributed by atoms with Crippen LogP contribution in [0.4, 0.5) is 5.69 Å². The predicted octanol–water partition coefficient (Wildman–Crippen LogP) is -0.0469. The van der Waals surface area contributed by atoms with Gasteiger partial charge in [0.1, 0.15) is 5.75 Å². The first-order chi connectivity index (χ1) is 10.1. The molecule has 0 aliphatic carbocycles. The van der Waals surface area contributed by atoms with Crippen molar-refractivity contribution in [2.75, 3.05) is 38.6 Å². The summed E-state index contributed by atoms with van der Waals surface area (Å²) in [5.74, 6) is -0.445. The Labute approximate surface area is 122 Å². The molecule has 1 aromatic rings. The van der Waals surface area contributed by atoms with Crippen molar-refractivity contribution < 1.29 is 19.4 Å². The van der Waals surface area contributed by atoms with Gasteiger partial charge in [0.05, 0.1) is 18.8 Å². The lowest BCUT2D eigenvalue weighted by molar-refractivity contribution is -0.135. The van der Waals surface area contributed by atoms with Crippen molar-refractivity contribution in [2.45, 2.75) is 6.42 Å². The first kappa shape index (κ1) is 15.1. The summed E-state index contributed by atoms with van der Waals surface area (Å²) in [6, 6.07) is 4.17. The minimum absolute atomic E-state index is 0.0116. The van der Waals surface area contributed by atoms with Gasteiger partial charge in [-0.15, -0.1) is 0 Å². The molecule has 0 unspecified atom stereocenters. The first-order valence-corrected chi connectivity index (χ1v) is 6.80. The van der Waals surface area contributed by atoms with Gasteiger partial charge in [-0.25, -0.2) is 0 Å². The van der Waals surface area contributed by atoms with Crippen molar-refractivity contribution in [2.24, 2.45) is 0 Å². The number of phenols is 1. The number of hydrogen-bond acceptors (Lipinski definition) is 5. The number of carbonyl (C=O) groups excluding carboxylic acids is 2. The number of morpholine rings is 1. The van der Waals surface area contributed by atoms with Crippen LogP contribution >= 0.6 is 0 Å². The molecule has 1 aliphatic heterocycles. The van der Waals surface area contributed by atoms with E-state index in [0.717, 1.165) is 0 Å². The summed E-state index contributed by atoms with van der Waals surface area (Å²) >= 11 is 0. The molecule has 1 heterocycles. The number of rotatable bonds is 4. The Morgan fingerprint density at radius 1 is 1.33 bits per heavy atom. The zero-order valence-electron chi connectivity index (χ0n) is 11.7. The Kier molecular flexibility index (Phi) is 4.99. The van der Waals surface area contributed by atoms with Crippen LogP contribution in [0.15, 0.2) is 18.2 Å². The number of nitrogens with one attached hydrogen (secondary N) is 1. The first-order valence-electron chi connectivity index (χ1n) is 6.80. The van der Waals surface area contributed by atoms with Crippen LogP contribution in [0.3, 0.4) is 0 Å². The molecular weight excluding hydrogens is 274 g/mol. The summed E-state index contributed by atoms with van der Waals surface area (Å²) in [4.78, 5) is 25.5. The fourth-order valence-electron chi connectivity index (χ4n) is 2.09. The molecule has 4 N–H and O–H groups in total. The Balaban J connectivity index is 1.81. The van der Waals surface area contributed by atoms with Crippen molar-refractivity contribution in [1.29, 1.82) is 0 Å². The molecule has 21 heavy (non-hydrogen) atoms. The average molecular weight is 293 g/mol. The van der Waals surface area contributed by atoms with Crippen LogP contribution in [0, 0.1) is 0 Å². The highest BCUT2D eigenvalue weighted by Crippen LogP contribution is 2.18. The lowest BCUT2D eigenvalue weighted by Gasteiger charge is -2.26. The Bertz CT molecular complexity index is 527. The molecule has 2 amide bonds. The van der Waals surface area contributed by atoms with Gasteiger partial charge in [0.2, 0.25) is 5.91 Å². The number of nitrogens with zero attached hydrogens (tertiary/aromatic N) is 1. The van der Waals surface area contributed by atoms with Gasteiger partial charge in [-0.3, -0.25) is 9.59 Å². The van der Waals surface area contributed by atoms with Crippen LogP contribution in [0.2, 0.25) is 0 Å². The lowest BCUT2D eigenvalue weighted by atomic mass is 10.1. The molecule has 0 saturated carbocycles. The van der Waals surface area contributed by atoms with E-state index in [1.54, 1.807) is 4.90 Å². The summed E-state index contributed by atoms with van der Waals surface area (Å²) in [6.45, 7) is 2.51. The molecule has 7 heteroatoms. The van der Waals surface area contributed by atoms with Crippen molar-refractivity contribution in [3.8, 4) is 5.75 Å². The fourth-order valence-corrected chi connectivity index (χ4v) is 2.09. The smallest absolute Gasteiger partial charge is 0.253 e. The van der Waals surface area contributed by atoms with Crippen LogP contribution in [0.25, 0.3) is 0 Å². The fraction of sp³-hybridized carbons (Fsp3) is 0.429. The zero-order valence-corrected chi connectivity index (χ0v) is 11.7. The number of benzene rings is 1. The van der Waals surface area contributed by atoms with E-state index in [2.05, 4.69) is 5.32 Å². The third kappa shape index (κ3) is 4.09. The van der Waals surface area contributed by atoms with E-state index in [1.807, 2.05) is 0 Å². The highest BCUT2D eigenvalue weighted by Gasteiger charge is 2.17. The lowest BCUT2D eigenvalue weighted by Crippen LogP contribution is -2.42. The quantitative estimate of drug-likeness (QED) is 0.533. The van der Waals surface area contributed by atoms with Gasteiger partial charge in [-0.05, 0) is 18.2 Å². The second kappa shape index (κ2) is 6.94. The predicted molar refractivity (Wildman–Crippen MR) is 76.9 cm³/mol. The maximum Gasteiger partial charge on any atom is 0.253 e. The number of aromatic hydroxyl groups is 1. The largest absolute Gasteiger partial charge is 0.508 e. The number of nitrogen functional groups attached to an aromatic ring is 1. The highest BCUT2D eigenvalue weighted by molar-refractivity contribution is 5.99. The minimum Gasteiger partial charge on any atom is -0.508 e. The molecule has 1 saturated heterocycles. The average Bonchev–Trinajstić information content (AvgIpc) is 2.50. The number of amides is 2. The van der Waals surface area contributed by atoms with Crippen LogP contribution in [-0.4, -0.2) is 54.7 Å². The number of phenolic OH excluding ortho intramolecular Hbond substituents is 1. The Morgan fingerprint density at radius 2 is 2.05 bits per heavy atom. The third-order valence-electron chi connectivity index (χ3n) is 3.27. The molecule has 7 nitrogen and oxygen atoms in total. The van der Waals surface area contributed by atoms with Crippen LogP contribution in [0.1, 0.15) is 16.8 Å². The SMILES string of the molecule is Nc1ccc(O)cc1C(=O)NCCC(=O)N1CCOCC1. The maximum atomic E-state index is 11.9. The normalized spacial score (nSPS) is 14.8. The molecule has 0 aromatic heterocycles. The Hall–Kier alpha value is -2.28. The molecular formula is C14H19N3O4. The van der Waals surface area contributed by atoms with E-state index in [0.29, 0.717) is 26.3 Å². The van der Waals surface area contributed by atoms with E-state index in [9.17, 15) is 14.7 Å². The van der Waals surface area contributed by atoms with Crippen molar-refractivity contribution in [3.05, 3.63) is 23.8 Å². The van der Waals surface area contributed by atoms with Gasteiger partial charge in [0, 0.05) is 31.7 Å². The molecule has 1 aromatic carbocycles. The van der Waals surface area contributed by atoms with Gasteiger partial charge < -0.3 is 25.8 Å². The van der Waals surface area contributed by atoms with E-state index in [-0.39, 0.29) is 35.9 Å². The molecule has 2 rings (SSSR count). The standard InChI is InChI=1S/C14H19N3O4/c15-12-2-1-10(18)9-11(12)14(20)16-4-3-13(19)17-5-7-21-8-6-17/h1-2,9,18H,3-8,15H2,(H,16,20). The number of ether oxygens (including phenoxy) is 1. The van der Waals surface area contributed by atoms with Gasteiger partial charge in [0.25, 0.3) is 5.91 Å². The summed E-state index contributed by atoms with van der Waals surface area (Å²) < 4.78 is 5.17. The number of nitrogens with two attached hydrogens (primary N) is 1. The minimum atomic E-state index is -0.404. The highest BCUT2D eigenvalue weighted by atomic mass is 16.5. The van der Waals surface area contributed by atoms with E-state index in [1.165, 1.54) is 18.2 Å². The topological polar surface area (TPSA) is 105 Å². The summed E-state index contributed by atoms with van der Waals surface area (Å²) in [5, 5.41) is 12.0. The van der Waals surface area contributed by atoms with E-state index >= 15 is 0 Å². The summed E-state index contributed by atoms with van der Waals surface area (Å²) in [6.07, 6.45) is 0.227. The van der Waals surface area contributed by atoms with Crippen molar-refractivity contribution >= 4 is 17.5 Å². The van der Waals surface area contributed by atoms with E-state index < -0.39 is 5.91 Å². The maximum absolute atomic E-state index is 11.9. The van der Waals surface area contributed by atoms with Gasteiger partial charge in [-0.2, -0.15) is 0 Å². The van der Waals surface area contributed by atoms with Gasteiger partial charge >= 0.3 is 0 Å². The molecule has 0 spiro atoms. The van der Waals surface area contributed by atoms with Crippen molar-refractivity contribution in [1.82, 2.24) is 10.2 Å². The molecule has 0 atom stereocenters. The third-order valence-corrected chi connectivity index (χ3v) is 3.27. The van der Waals surface area contributed by atoms with Crippen molar-refractivity contribution in [3.63, 3.8) is 0 Å². The van der Waals surface area contributed by atoms with Crippen LogP contribution in [0.5, 0.6) is 5.75 Å². The number of anilines is 1. The van der Waals surface area contributed by atoms with E-state index in [4.69, 9.17) is 10.5 Å². The second-order valence-electron chi connectivity index (χ2n) is 4.77. The Morgan fingerprint density at radius 3 is 2.76 bits per heavy atom. The van der Waals surface area contributed by atoms with Crippen LogP contribution < -0.4 is 11.1 Å². The molecule has 1 fully saturated rings. The molecule has 0 bridgehead atoms. The number of carbonyl (C=O) groups is 2.